The average Bonchev–Trinajstić information content (AvgIpc) is 3.09. The van der Waals surface area contributed by atoms with E-state index in [0.29, 0.717) is 23.1 Å². The minimum atomic E-state index is -0.295. The van der Waals surface area contributed by atoms with Gasteiger partial charge in [-0.15, -0.1) is 0 Å². The fraction of sp³-hybridized carbons (Fsp3) is 0.333. The number of carbonyl (C=O) groups is 1. The standard InChI is InChI=1S/C18H18N2O3/c1-10-7-8-14-13(9-10)18(23-20-14)19-17(21)16-11(2)12-5-3-4-6-15(12)22-16/h3-6,10H,7-9H2,1-2H3,(H,19,21)/t10-/m1/s1. The number of para-hydroxylation sites is 1. The van der Waals surface area contributed by atoms with Gasteiger partial charge in [0.25, 0.3) is 5.91 Å². The second-order valence-corrected chi connectivity index (χ2v) is 6.29. The Morgan fingerprint density at radius 3 is 3.00 bits per heavy atom. The molecule has 0 spiro atoms. The molecule has 23 heavy (non-hydrogen) atoms. The Labute approximate surface area is 133 Å². The summed E-state index contributed by atoms with van der Waals surface area (Å²) in [6.45, 7) is 4.09. The van der Waals surface area contributed by atoms with E-state index in [2.05, 4.69) is 17.4 Å². The highest BCUT2D eigenvalue weighted by Gasteiger charge is 2.26. The molecule has 0 bridgehead atoms. The largest absolute Gasteiger partial charge is 0.451 e. The molecule has 0 unspecified atom stereocenters. The summed E-state index contributed by atoms with van der Waals surface area (Å²) in [5.41, 5.74) is 3.52. The summed E-state index contributed by atoms with van der Waals surface area (Å²) >= 11 is 0. The molecule has 1 N–H and O–H groups in total. The van der Waals surface area contributed by atoms with Crippen LogP contribution in [0.2, 0.25) is 0 Å². The maximum Gasteiger partial charge on any atom is 0.294 e. The van der Waals surface area contributed by atoms with Gasteiger partial charge in [-0.25, -0.2) is 0 Å². The number of hydrogen-bond donors (Lipinski definition) is 1. The van der Waals surface area contributed by atoms with Crippen molar-refractivity contribution < 1.29 is 13.7 Å². The van der Waals surface area contributed by atoms with Crippen LogP contribution in [0.3, 0.4) is 0 Å². The molecular formula is C18H18N2O3. The van der Waals surface area contributed by atoms with Gasteiger partial charge in [0.05, 0.1) is 5.69 Å². The summed E-state index contributed by atoms with van der Waals surface area (Å²) in [6, 6.07) is 7.63. The molecular weight excluding hydrogens is 292 g/mol. The highest BCUT2D eigenvalue weighted by atomic mass is 16.5. The van der Waals surface area contributed by atoms with E-state index in [4.69, 9.17) is 8.94 Å². The van der Waals surface area contributed by atoms with E-state index in [1.54, 1.807) is 0 Å². The number of benzene rings is 1. The van der Waals surface area contributed by atoms with E-state index < -0.39 is 0 Å². The fourth-order valence-electron chi connectivity index (χ4n) is 3.23. The molecule has 2 aromatic heterocycles. The molecule has 5 heteroatoms. The number of hydrogen-bond acceptors (Lipinski definition) is 4. The molecule has 1 aromatic carbocycles. The number of nitrogens with zero attached hydrogens (tertiary/aromatic N) is 1. The van der Waals surface area contributed by atoms with Gasteiger partial charge in [0, 0.05) is 16.5 Å². The Morgan fingerprint density at radius 2 is 2.17 bits per heavy atom. The van der Waals surface area contributed by atoms with Crippen molar-refractivity contribution in [3.63, 3.8) is 0 Å². The number of amides is 1. The molecule has 118 valence electrons. The summed E-state index contributed by atoms with van der Waals surface area (Å²) in [5.74, 6) is 1.05. The number of furan rings is 1. The molecule has 0 fully saturated rings. The van der Waals surface area contributed by atoms with Gasteiger partial charge in [-0.05, 0) is 38.2 Å². The summed E-state index contributed by atoms with van der Waals surface area (Å²) in [5, 5.41) is 7.86. The predicted molar refractivity (Wildman–Crippen MR) is 86.6 cm³/mol. The smallest absolute Gasteiger partial charge is 0.294 e. The highest BCUT2D eigenvalue weighted by Crippen LogP contribution is 2.31. The van der Waals surface area contributed by atoms with Gasteiger partial charge in [-0.2, -0.15) is 0 Å². The average molecular weight is 310 g/mol. The van der Waals surface area contributed by atoms with Gasteiger partial charge >= 0.3 is 0 Å². The highest BCUT2D eigenvalue weighted by molar-refractivity contribution is 6.06. The Morgan fingerprint density at radius 1 is 1.35 bits per heavy atom. The SMILES string of the molecule is Cc1c(C(=O)Nc2onc3c2C[C@H](C)CC3)oc2ccccc12. The van der Waals surface area contributed by atoms with Gasteiger partial charge in [0.15, 0.2) is 5.76 Å². The zero-order valence-corrected chi connectivity index (χ0v) is 13.2. The fourth-order valence-corrected chi connectivity index (χ4v) is 3.23. The van der Waals surface area contributed by atoms with Gasteiger partial charge in [0.2, 0.25) is 5.88 Å². The Balaban J connectivity index is 1.65. The number of aryl methyl sites for hydroxylation is 2. The van der Waals surface area contributed by atoms with E-state index in [1.165, 1.54) is 0 Å². The van der Waals surface area contributed by atoms with Crippen molar-refractivity contribution in [2.75, 3.05) is 5.32 Å². The minimum Gasteiger partial charge on any atom is -0.451 e. The van der Waals surface area contributed by atoms with Crippen molar-refractivity contribution in [1.29, 1.82) is 0 Å². The van der Waals surface area contributed by atoms with Crippen LogP contribution in [0.5, 0.6) is 0 Å². The van der Waals surface area contributed by atoms with Crippen molar-refractivity contribution in [3.05, 3.63) is 46.8 Å². The first kappa shape index (κ1) is 14.1. The van der Waals surface area contributed by atoms with Crippen molar-refractivity contribution in [2.45, 2.75) is 33.1 Å². The van der Waals surface area contributed by atoms with Crippen LogP contribution in [0, 0.1) is 12.8 Å². The molecule has 3 aromatic rings. The summed E-state index contributed by atoms with van der Waals surface area (Å²) in [4.78, 5) is 12.6. The lowest BCUT2D eigenvalue weighted by atomic mass is 9.89. The molecule has 1 amide bonds. The third-order valence-corrected chi connectivity index (χ3v) is 4.57. The number of fused-ring (bicyclic) bond motifs is 2. The van der Waals surface area contributed by atoms with Crippen LogP contribution in [0.15, 0.2) is 33.2 Å². The number of anilines is 1. The Kier molecular flexibility index (Phi) is 3.22. The first-order valence-corrected chi connectivity index (χ1v) is 7.90. The Bertz CT molecular complexity index is 891. The predicted octanol–water partition coefficient (Wildman–Crippen LogP) is 4.11. The van der Waals surface area contributed by atoms with Gasteiger partial charge in [-0.3, -0.25) is 10.1 Å². The lowest BCUT2D eigenvalue weighted by Crippen LogP contribution is -2.16. The van der Waals surface area contributed by atoms with Crippen molar-refractivity contribution in [1.82, 2.24) is 5.16 Å². The quantitative estimate of drug-likeness (QED) is 0.773. The number of rotatable bonds is 2. The van der Waals surface area contributed by atoms with Crippen molar-refractivity contribution >= 4 is 22.8 Å². The lowest BCUT2D eigenvalue weighted by Gasteiger charge is -2.16. The van der Waals surface area contributed by atoms with E-state index in [9.17, 15) is 4.79 Å². The van der Waals surface area contributed by atoms with Crippen molar-refractivity contribution in [3.8, 4) is 0 Å². The Hall–Kier alpha value is -2.56. The normalized spacial score (nSPS) is 17.2. The topological polar surface area (TPSA) is 68.3 Å². The maximum atomic E-state index is 12.6. The third kappa shape index (κ3) is 2.32. The molecule has 5 nitrogen and oxygen atoms in total. The van der Waals surface area contributed by atoms with Crippen LogP contribution in [0.1, 0.15) is 40.7 Å². The van der Waals surface area contributed by atoms with Gasteiger partial charge < -0.3 is 8.94 Å². The minimum absolute atomic E-state index is 0.295. The summed E-state index contributed by atoms with van der Waals surface area (Å²) < 4.78 is 11.0. The van der Waals surface area contributed by atoms with Crippen LogP contribution in [0.4, 0.5) is 5.88 Å². The first-order chi connectivity index (χ1) is 11.1. The summed E-state index contributed by atoms with van der Waals surface area (Å²) in [6.07, 6.45) is 2.89. The molecule has 0 saturated heterocycles. The van der Waals surface area contributed by atoms with Crippen LogP contribution < -0.4 is 5.32 Å². The zero-order valence-electron chi connectivity index (χ0n) is 13.2. The number of carbonyl (C=O) groups excluding carboxylic acids is 1. The molecule has 0 radical (unpaired) electrons. The zero-order chi connectivity index (χ0) is 16.0. The van der Waals surface area contributed by atoms with E-state index in [1.807, 2.05) is 31.2 Å². The van der Waals surface area contributed by atoms with Crippen LogP contribution in [-0.4, -0.2) is 11.1 Å². The monoisotopic (exact) mass is 310 g/mol. The van der Waals surface area contributed by atoms with Crippen LogP contribution in [0.25, 0.3) is 11.0 Å². The second kappa shape index (κ2) is 5.26. The van der Waals surface area contributed by atoms with Gasteiger partial charge in [0.1, 0.15) is 5.58 Å². The van der Waals surface area contributed by atoms with E-state index in [0.717, 1.165) is 41.5 Å². The molecule has 4 rings (SSSR count). The maximum absolute atomic E-state index is 12.6. The molecule has 1 aliphatic carbocycles. The van der Waals surface area contributed by atoms with Gasteiger partial charge in [-0.1, -0.05) is 30.3 Å². The van der Waals surface area contributed by atoms with Crippen LogP contribution in [-0.2, 0) is 12.8 Å². The second-order valence-electron chi connectivity index (χ2n) is 6.29. The third-order valence-electron chi connectivity index (χ3n) is 4.57. The molecule has 0 aliphatic heterocycles. The molecule has 1 aliphatic rings. The summed E-state index contributed by atoms with van der Waals surface area (Å²) in [7, 11) is 0. The molecule has 1 atom stereocenters. The first-order valence-electron chi connectivity index (χ1n) is 7.90. The van der Waals surface area contributed by atoms with E-state index >= 15 is 0 Å². The molecule has 2 heterocycles. The van der Waals surface area contributed by atoms with Crippen molar-refractivity contribution in [2.24, 2.45) is 5.92 Å². The number of nitrogens with one attached hydrogen (secondary N) is 1. The van der Waals surface area contributed by atoms with E-state index in [-0.39, 0.29) is 5.91 Å². The number of aromatic nitrogens is 1. The lowest BCUT2D eigenvalue weighted by molar-refractivity contribution is 0.0994. The molecule has 0 saturated carbocycles. The van der Waals surface area contributed by atoms with Crippen LogP contribution >= 0.6 is 0 Å².